The Labute approximate surface area is 81.1 Å². The molecule has 2 fully saturated rings. The summed E-state index contributed by atoms with van der Waals surface area (Å²) in [5, 5.41) is 17.6. The van der Waals surface area contributed by atoms with Crippen molar-refractivity contribution in [2.24, 2.45) is 0 Å². The molecule has 0 spiro atoms. The van der Waals surface area contributed by atoms with Gasteiger partial charge in [-0.2, -0.15) is 0 Å². The molecule has 2 aliphatic rings. The summed E-state index contributed by atoms with van der Waals surface area (Å²) in [6.45, 7) is -1.03. The van der Waals surface area contributed by atoms with Crippen LogP contribution in [0.5, 0.6) is 0 Å². The first-order chi connectivity index (χ1) is 6.96. The molecule has 0 atom stereocenters. The minimum absolute atomic E-state index is 1.03. The van der Waals surface area contributed by atoms with Crippen LogP contribution in [0.4, 0.5) is 9.59 Å². The van der Waals surface area contributed by atoms with Crippen molar-refractivity contribution < 1.29 is 43.5 Å². The van der Waals surface area contributed by atoms with Gasteiger partial charge in [0, 0.05) is 0 Å². The molecule has 9 nitrogen and oxygen atoms in total. The quantitative estimate of drug-likeness (QED) is 0.562. The molecular formula is C6H4O9. The highest BCUT2D eigenvalue weighted by molar-refractivity contribution is 5.88. The number of aliphatic carboxylic acids is 1. The molecule has 0 aromatic rings. The summed E-state index contributed by atoms with van der Waals surface area (Å²) in [5.74, 6) is -6.72. The normalized spacial score (nSPS) is 24.6. The minimum Gasteiger partial charge on any atom is -0.475 e. The maximum atomic E-state index is 10.8. The van der Waals surface area contributed by atoms with Gasteiger partial charge in [-0.15, -0.1) is 0 Å². The Bertz CT molecular complexity index is 342. The van der Waals surface area contributed by atoms with Crippen LogP contribution in [0, 0.1) is 0 Å². The van der Waals surface area contributed by atoms with Crippen LogP contribution < -0.4 is 0 Å². The van der Waals surface area contributed by atoms with E-state index < -0.39 is 36.5 Å². The van der Waals surface area contributed by atoms with Gasteiger partial charge in [0.25, 0.3) is 0 Å². The van der Waals surface area contributed by atoms with Crippen molar-refractivity contribution in [3.63, 3.8) is 0 Å². The van der Waals surface area contributed by atoms with Gasteiger partial charge in [-0.25, -0.2) is 14.4 Å². The van der Waals surface area contributed by atoms with E-state index in [1.165, 1.54) is 0 Å². The van der Waals surface area contributed by atoms with Crippen molar-refractivity contribution >= 4 is 18.3 Å². The zero-order valence-corrected chi connectivity index (χ0v) is 6.96. The molecule has 0 amide bonds. The second-order valence-electron chi connectivity index (χ2n) is 2.74. The number of rotatable bonds is 3. The van der Waals surface area contributed by atoms with Gasteiger partial charge < -0.3 is 29.2 Å². The molecule has 0 unspecified atom stereocenters. The summed E-state index contributed by atoms with van der Waals surface area (Å²) in [4.78, 5) is 31.6. The van der Waals surface area contributed by atoms with Crippen LogP contribution in [0.3, 0.4) is 0 Å². The van der Waals surface area contributed by atoms with Gasteiger partial charge in [0.2, 0.25) is 0 Å². The number of aliphatic hydroxyl groups is 1. The van der Waals surface area contributed by atoms with Crippen molar-refractivity contribution in [2.75, 3.05) is 6.61 Å². The smallest absolute Gasteiger partial charge is 0.475 e. The second-order valence-corrected chi connectivity index (χ2v) is 2.74. The van der Waals surface area contributed by atoms with Crippen molar-refractivity contribution in [3.8, 4) is 0 Å². The number of hydrogen-bond donors (Lipinski definition) is 2. The molecule has 0 aromatic carbocycles. The Morgan fingerprint density at radius 2 is 1.60 bits per heavy atom. The fourth-order valence-corrected chi connectivity index (χ4v) is 1.23. The van der Waals surface area contributed by atoms with Crippen LogP contribution in [0.25, 0.3) is 0 Å². The largest absolute Gasteiger partial charge is 0.516 e. The lowest BCUT2D eigenvalue weighted by Crippen LogP contribution is -2.77. The molecule has 0 aliphatic carbocycles. The van der Waals surface area contributed by atoms with Crippen LogP contribution in [0.15, 0.2) is 0 Å². The summed E-state index contributed by atoms with van der Waals surface area (Å²) in [5.41, 5.74) is 0. The molecule has 0 saturated carbocycles. The number of carboxylic acid groups (broad SMARTS) is 1. The summed E-state index contributed by atoms with van der Waals surface area (Å²) in [7, 11) is 0. The van der Waals surface area contributed by atoms with E-state index in [9.17, 15) is 14.4 Å². The van der Waals surface area contributed by atoms with Crippen molar-refractivity contribution in [1.29, 1.82) is 0 Å². The Hall–Kier alpha value is -2.03. The maximum absolute atomic E-state index is 10.8. The second kappa shape index (κ2) is 2.51. The first-order valence-corrected chi connectivity index (χ1v) is 3.64. The van der Waals surface area contributed by atoms with E-state index in [2.05, 4.69) is 18.9 Å². The number of carboxylic acids is 1. The van der Waals surface area contributed by atoms with Gasteiger partial charge in [-0.3, -0.25) is 0 Å². The van der Waals surface area contributed by atoms with Gasteiger partial charge in [0.05, 0.1) is 0 Å². The third-order valence-corrected chi connectivity index (χ3v) is 1.94. The topological polar surface area (TPSA) is 129 Å². The molecule has 9 heteroatoms. The van der Waals surface area contributed by atoms with Crippen LogP contribution in [-0.2, 0) is 23.7 Å². The van der Waals surface area contributed by atoms with Gasteiger partial charge in [-0.1, -0.05) is 0 Å². The molecule has 82 valence electrons. The molecule has 15 heavy (non-hydrogen) atoms. The summed E-state index contributed by atoms with van der Waals surface area (Å²) >= 11 is 0. The average Bonchev–Trinajstić information content (AvgIpc) is 2.06. The molecule has 0 bridgehead atoms. The lowest BCUT2D eigenvalue weighted by molar-refractivity contribution is -0.432. The van der Waals surface area contributed by atoms with Crippen LogP contribution in [0.1, 0.15) is 0 Å². The Kier molecular flexibility index (Phi) is 1.59. The summed E-state index contributed by atoms with van der Waals surface area (Å²) in [6, 6.07) is 0. The minimum atomic E-state index is -2.63. The van der Waals surface area contributed by atoms with Gasteiger partial charge >= 0.3 is 29.9 Å². The molecule has 2 N–H and O–H groups in total. The number of ether oxygens (including phenoxy) is 4. The maximum Gasteiger partial charge on any atom is 0.516 e. The monoisotopic (exact) mass is 220 g/mol. The highest BCUT2D eigenvalue weighted by Crippen LogP contribution is 2.44. The molecule has 0 aromatic heterocycles. The number of cyclic esters (lactones) is 4. The standard InChI is InChI=1S/C6H4O9/c7-1-5(12-3(10)13-5)6(2(8)9)14-4(11)15-6/h7H,1H2,(H,8,9). The predicted molar refractivity (Wildman–Crippen MR) is 35.3 cm³/mol. The number of hydrogen-bond acceptors (Lipinski definition) is 8. The van der Waals surface area contributed by atoms with E-state index in [-0.39, 0.29) is 0 Å². The zero-order valence-electron chi connectivity index (χ0n) is 6.96. The first-order valence-electron chi connectivity index (χ1n) is 3.64. The lowest BCUT2D eigenvalue weighted by Gasteiger charge is -2.49. The summed E-state index contributed by atoms with van der Waals surface area (Å²) < 4.78 is 17.0. The van der Waals surface area contributed by atoms with Crippen LogP contribution >= 0.6 is 0 Å². The number of aliphatic hydroxyl groups excluding tert-OH is 1. The van der Waals surface area contributed by atoms with Crippen molar-refractivity contribution in [1.82, 2.24) is 0 Å². The highest BCUT2D eigenvalue weighted by Gasteiger charge is 2.80. The fourth-order valence-electron chi connectivity index (χ4n) is 1.23. The van der Waals surface area contributed by atoms with Gasteiger partial charge in [0.1, 0.15) is 6.61 Å². The summed E-state index contributed by atoms with van der Waals surface area (Å²) in [6.07, 6.45) is -2.46. The molecule has 0 radical (unpaired) electrons. The molecule has 2 saturated heterocycles. The molecular weight excluding hydrogens is 216 g/mol. The predicted octanol–water partition coefficient (Wildman–Crippen LogP) is -1.21. The molecule has 2 aliphatic heterocycles. The highest BCUT2D eigenvalue weighted by atomic mass is 17.0. The third-order valence-electron chi connectivity index (χ3n) is 1.94. The lowest BCUT2D eigenvalue weighted by atomic mass is 10.0. The molecule has 2 rings (SSSR count). The van der Waals surface area contributed by atoms with E-state index in [4.69, 9.17) is 10.2 Å². The van der Waals surface area contributed by atoms with E-state index in [0.717, 1.165) is 0 Å². The van der Waals surface area contributed by atoms with Gasteiger partial charge in [-0.05, 0) is 0 Å². The first kappa shape index (κ1) is 9.52. The zero-order chi connectivity index (χ0) is 11.3. The van der Waals surface area contributed by atoms with E-state index in [1.807, 2.05) is 0 Å². The third kappa shape index (κ3) is 0.920. The van der Waals surface area contributed by atoms with Crippen LogP contribution in [0.2, 0.25) is 0 Å². The van der Waals surface area contributed by atoms with E-state index in [0.29, 0.717) is 0 Å². The SMILES string of the molecule is O=C1OC(CO)(C2(C(=O)O)OC(=O)O2)O1. The Morgan fingerprint density at radius 3 is 1.87 bits per heavy atom. The van der Waals surface area contributed by atoms with Gasteiger partial charge in [0.15, 0.2) is 0 Å². The number of carbonyl (C=O) groups is 3. The van der Waals surface area contributed by atoms with Crippen molar-refractivity contribution in [3.05, 3.63) is 0 Å². The number of carbonyl (C=O) groups excluding carboxylic acids is 2. The van der Waals surface area contributed by atoms with Crippen molar-refractivity contribution in [2.45, 2.75) is 11.6 Å². The van der Waals surface area contributed by atoms with E-state index >= 15 is 0 Å². The average molecular weight is 220 g/mol. The molecule has 2 heterocycles. The van der Waals surface area contributed by atoms with Crippen LogP contribution in [-0.4, -0.2) is 46.7 Å². The Morgan fingerprint density at radius 1 is 1.13 bits per heavy atom. The Balaban J connectivity index is 2.29. The van der Waals surface area contributed by atoms with E-state index in [1.54, 1.807) is 0 Å². The fraction of sp³-hybridized carbons (Fsp3) is 0.500.